The molecule has 1 N–H and O–H groups in total. The van der Waals surface area contributed by atoms with Crippen LogP contribution in [-0.2, 0) is 10.7 Å². The van der Waals surface area contributed by atoms with Gasteiger partial charge in [0, 0.05) is 23.7 Å². The molecule has 1 aliphatic rings. The number of halogens is 1. The normalized spacial score (nSPS) is 15.6. The predicted molar refractivity (Wildman–Crippen MR) is 112 cm³/mol. The molecule has 0 spiro atoms. The van der Waals surface area contributed by atoms with Crippen LogP contribution in [0.15, 0.2) is 24.4 Å². The van der Waals surface area contributed by atoms with Crippen LogP contribution in [0.25, 0.3) is 11.0 Å². The third-order valence-corrected chi connectivity index (χ3v) is 6.39. The van der Waals surface area contributed by atoms with E-state index in [0.717, 1.165) is 51.8 Å². The zero-order chi connectivity index (χ0) is 20.9. The Balaban J connectivity index is 1.92. The molecule has 2 aromatic heterocycles. The van der Waals surface area contributed by atoms with E-state index >= 15 is 0 Å². The highest BCUT2D eigenvalue weighted by Crippen LogP contribution is 2.44. The number of pyridine rings is 1. The first-order chi connectivity index (χ1) is 13.8. The van der Waals surface area contributed by atoms with Crippen molar-refractivity contribution in [1.29, 1.82) is 0 Å². The van der Waals surface area contributed by atoms with Gasteiger partial charge in [0.1, 0.15) is 5.52 Å². The van der Waals surface area contributed by atoms with E-state index in [0.29, 0.717) is 11.9 Å². The summed E-state index contributed by atoms with van der Waals surface area (Å²) in [4.78, 5) is 16.7. The Kier molecular flexibility index (Phi) is 4.85. The van der Waals surface area contributed by atoms with Crippen LogP contribution in [-0.4, -0.2) is 31.1 Å². The lowest BCUT2D eigenvalue weighted by molar-refractivity contribution is -0.147. The van der Waals surface area contributed by atoms with Gasteiger partial charge in [-0.15, -0.1) is 16.7 Å². The number of hydrogen-bond acceptors (Lipinski definition) is 4. The van der Waals surface area contributed by atoms with Crippen molar-refractivity contribution in [2.24, 2.45) is 5.41 Å². The lowest BCUT2D eigenvalue weighted by Crippen LogP contribution is -2.32. The Morgan fingerprint density at radius 3 is 2.69 bits per heavy atom. The lowest BCUT2D eigenvalue weighted by atomic mass is 9.70. The van der Waals surface area contributed by atoms with Crippen molar-refractivity contribution in [3.05, 3.63) is 52.3 Å². The first-order valence-corrected chi connectivity index (χ1v) is 10.4. The van der Waals surface area contributed by atoms with Gasteiger partial charge < -0.3 is 5.11 Å². The molecule has 0 radical (unpaired) electrons. The molecule has 0 saturated heterocycles. The van der Waals surface area contributed by atoms with Gasteiger partial charge in [-0.25, -0.2) is 4.68 Å². The zero-order valence-corrected chi connectivity index (χ0v) is 17.9. The average Bonchev–Trinajstić information content (AvgIpc) is 3.43. The molecule has 7 heteroatoms. The summed E-state index contributed by atoms with van der Waals surface area (Å²) in [5, 5.41) is 18.8. The third kappa shape index (κ3) is 3.29. The van der Waals surface area contributed by atoms with Gasteiger partial charge in [0.2, 0.25) is 0 Å². The number of aromatic nitrogens is 4. The van der Waals surface area contributed by atoms with Crippen LogP contribution in [0.1, 0.15) is 66.6 Å². The van der Waals surface area contributed by atoms with Gasteiger partial charge >= 0.3 is 5.97 Å². The highest BCUT2D eigenvalue weighted by atomic mass is 35.5. The molecule has 2 heterocycles. The van der Waals surface area contributed by atoms with Crippen molar-refractivity contribution in [2.45, 2.75) is 58.4 Å². The molecule has 152 valence electrons. The minimum absolute atomic E-state index is 0.334. The van der Waals surface area contributed by atoms with Crippen molar-refractivity contribution in [1.82, 2.24) is 20.0 Å². The van der Waals surface area contributed by atoms with Crippen molar-refractivity contribution < 1.29 is 9.90 Å². The van der Waals surface area contributed by atoms with Gasteiger partial charge in [-0.1, -0.05) is 17.3 Å². The Hall–Kier alpha value is -2.47. The Morgan fingerprint density at radius 2 is 2.07 bits per heavy atom. The van der Waals surface area contributed by atoms with Crippen LogP contribution < -0.4 is 0 Å². The number of hydrogen-bond donors (Lipinski definition) is 1. The van der Waals surface area contributed by atoms with Crippen molar-refractivity contribution in [3.63, 3.8) is 0 Å². The molecule has 0 bridgehead atoms. The van der Waals surface area contributed by atoms with Crippen LogP contribution in [0.3, 0.4) is 0 Å². The first kappa shape index (κ1) is 19.8. The number of fused-ring (bicyclic) bond motifs is 1. The second-order valence-corrected chi connectivity index (χ2v) is 8.79. The number of carbonyl (C=O) groups is 1. The van der Waals surface area contributed by atoms with Crippen LogP contribution in [0.4, 0.5) is 0 Å². The second-order valence-electron chi connectivity index (χ2n) is 8.52. The van der Waals surface area contributed by atoms with E-state index in [1.54, 1.807) is 20.0 Å². The molecule has 0 aliphatic heterocycles. The zero-order valence-electron chi connectivity index (χ0n) is 17.1. The van der Waals surface area contributed by atoms with E-state index in [-0.39, 0.29) is 0 Å². The fraction of sp³-hybridized carbons (Fsp3) is 0.455. The average molecular weight is 413 g/mol. The van der Waals surface area contributed by atoms with Crippen molar-refractivity contribution in [3.8, 4) is 0 Å². The summed E-state index contributed by atoms with van der Waals surface area (Å²) in [7, 11) is 0. The van der Waals surface area contributed by atoms with Gasteiger partial charge in [-0.3, -0.25) is 9.78 Å². The summed E-state index contributed by atoms with van der Waals surface area (Å²) in [6.45, 7) is 7.42. The molecule has 29 heavy (non-hydrogen) atoms. The summed E-state index contributed by atoms with van der Waals surface area (Å²) in [5.41, 5.74) is 5.29. The molecule has 1 aliphatic carbocycles. The molecule has 1 saturated carbocycles. The summed E-state index contributed by atoms with van der Waals surface area (Å²) in [6, 6.07) is 6.46. The molecular formula is C22H25ClN4O2. The number of carboxylic acids is 1. The van der Waals surface area contributed by atoms with Gasteiger partial charge in [-0.2, -0.15) is 0 Å². The van der Waals surface area contributed by atoms with Crippen molar-refractivity contribution >= 4 is 28.6 Å². The molecule has 3 aromatic rings. The number of benzene rings is 1. The van der Waals surface area contributed by atoms with Crippen LogP contribution >= 0.6 is 11.6 Å². The minimum atomic E-state index is -1.05. The Morgan fingerprint density at radius 1 is 1.34 bits per heavy atom. The monoisotopic (exact) mass is 412 g/mol. The largest absolute Gasteiger partial charge is 0.481 e. The first-order valence-electron chi connectivity index (χ1n) is 9.84. The molecule has 6 nitrogen and oxygen atoms in total. The highest BCUT2D eigenvalue weighted by molar-refractivity contribution is 6.17. The van der Waals surface area contributed by atoms with Gasteiger partial charge in [0.05, 0.1) is 17.0 Å². The Bertz CT molecular complexity index is 1100. The number of carboxylic acid groups (broad SMARTS) is 1. The molecule has 1 unspecified atom stereocenters. The van der Waals surface area contributed by atoms with Gasteiger partial charge in [0.25, 0.3) is 0 Å². The van der Waals surface area contributed by atoms with E-state index in [1.165, 1.54) is 0 Å². The molecule has 1 aromatic carbocycles. The fourth-order valence-corrected chi connectivity index (χ4v) is 4.32. The van der Waals surface area contributed by atoms with Crippen LogP contribution in [0.2, 0.25) is 0 Å². The number of alkyl halides is 1. The number of aryl methyl sites for hydroxylation is 2. The summed E-state index contributed by atoms with van der Waals surface area (Å²) < 4.78 is 1.99. The fourth-order valence-electron chi connectivity index (χ4n) is 4.05. The SMILES string of the molecule is Cc1ncc(C(c2ccc3c(nnn3C3CC3)c2C)C(C)(C)C(=O)O)cc1CCl. The van der Waals surface area contributed by atoms with E-state index in [1.807, 2.05) is 36.7 Å². The van der Waals surface area contributed by atoms with E-state index in [2.05, 4.69) is 15.3 Å². The summed E-state index contributed by atoms with van der Waals surface area (Å²) >= 11 is 6.10. The van der Waals surface area contributed by atoms with Gasteiger partial charge in [0.15, 0.2) is 0 Å². The lowest BCUT2D eigenvalue weighted by Gasteiger charge is -2.32. The topological polar surface area (TPSA) is 80.9 Å². The second kappa shape index (κ2) is 7.10. The van der Waals surface area contributed by atoms with E-state index < -0.39 is 17.3 Å². The van der Waals surface area contributed by atoms with Gasteiger partial charge in [-0.05, 0) is 68.9 Å². The number of aliphatic carboxylic acids is 1. The maximum Gasteiger partial charge on any atom is 0.310 e. The van der Waals surface area contributed by atoms with E-state index in [4.69, 9.17) is 11.6 Å². The maximum atomic E-state index is 12.2. The molecule has 4 rings (SSSR count). The van der Waals surface area contributed by atoms with Crippen molar-refractivity contribution in [2.75, 3.05) is 0 Å². The molecule has 0 amide bonds. The van der Waals surface area contributed by atoms with E-state index in [9.17, 15) is 9.90 Å². The van der Waals surface area contributed by atoms with Crippen LogP contribution in [0, 0.1) is 19.3 Å². The smallest absolute Gasteiger partial charge is 0.310 e. The standard InChI is InChI=1S/C22H25ClN4O2/c1-12-17(7-8-18-20(12)25-26-27(18)16-5-6-16)19(22(3,4)21(28)29)15-9-14(10-23)13(2)24-11-15/h7-9,11,16,19H,5-6,10H2,1-4H3,(H,28,29). The minimum Gasteiger partial charge on any atom is -0.481 e. The third-order valence-electron chi connectivity index (χ3n) is 6.11. The summed E-state index contributed by atoms with van der Waals surface area (Å²) in [6.07, 6.45) is 4.03. The molecule has 1 atom stereocenters. The Labute approximate surface area is 174 Å². The van der Waals surface area contributed by atoms with Crippen LogP contribution in [0.5, 0.6) is 0 Å². The highest BCUT2D eigenvalue weighted by Gasteiger charge is 2.40. The summed E-state index contributed by atoms with van der Waals surface area (Å²) in [5.74, 6) is -0.928. The molecular weight excluding hydrogens is 388 g/mol. The number of rotatable bonds is 6. The number of nitrogens with zero attached hydrogens (tertiary/aromatic N) is 4. The molecule has 1 fully saturated rings. The maximum absolute atomic E-state index is 12.2. The predicted octanol–water partition coefficient (Wildman–Crippen LogP) is 4.76. The quantitative estimate of drug-likeness (QED) is 0.590.